The Morgan fingerprint density at radius 2 is 2.19 bits per heavy atom. The van der Waals surface area contributed by atoms with E-state index in [1.807, 2.05) is 6.07 Å². The molecule has 1 unspecified atom stereocenters. The number of pyridine rings is 1. The van der Waals surface area contributed by atoms with Crippen LogP contribution >= 0.6 is 0 Å². The first-order valence-corrected chi connectivity index (χ1v) is 8.38. The summed E-state index contributed by atoms with van der Waals surface area (Å²) in [6, 6.07) is 9.45. The number of urea groups is 1. The number of carbonyl (C=O) groups excluding carboxylic acids is 2. The molecule has 136 valence electrons. The Kier molecular flexibility index (Phi) is 3.82. The number of nitrogens with one attached hydrogen (secondary N) is 2. The van der Waals surface area contributed by atoms with E-state index in [0.29, 0.717) is 22.4 Å². The van der Waals surface area contributed by atoms with E-state index in [0.717, 1.165) is 0 Å². The van der Waals surface area contributed by atoms with Crippen LogP contribution in [-0.2, 0) is 0 Å². The second-order valence-corrected chi connectivity index (χ2v) is 6.65. The fourth-order valence-electron chi connectivity index (χ4n) is 3.48. The molecular formula is C19H16N4O4. The van der Waals surface area contributed by atoms with E-state index >= 15 is 0 Å². The lowest BCUT2D eigenvalue weighted by atomic mass is 10.0. The van der Waals surface area contributed by atoms with Crippen LogP contribution in [-0.4, -0.2) is 34.2 Å². The Bertz CT molecular complexity index is 982. The SMILES string of the molecule is CC(=O)c1ccc2c(c1)[C@@H]1[C@H](CO2)C1(O)NC(=O)Nc1ccc(C#N)cn1. The van der Waals surface area contributed by atoms with Crippen molar-refractivity contribution >= 4 is 17.6 Å². The quantitative estimate of drug-likeness (QED) is 0.563. The van der Waals surface area contributed by atoms with E-state index in [2.05, 4.69) is 15.6 Å². The highest BCUT2D eigenvalue weighted by Crippen LogP contribution is 2.60. The molecule has 0 spiro atoms. The second-order valence-electron chi connectivity index (χ2n) is 6.65. The molecule has 8 nitrogen and oxygen atoms in total. The predicted octanol–water partition coefficient (Wildman–Crippen LogP) is 1.77. The van der Waals surface area contributed by atoms with Gasteiger partial charge in [-0.25, -0.2) is 9.78 Å². The summed E-state index contributed by atoms with van der Waals surface area (Å²) < 4.78 is 5.65. The molecule has 1 aliphatic carbocycles. The molecular weight excluding hydrogens is 348 g/mol. The maximum Gasteiger partial charge on any atom is 0.322 e. The molecule has 1 fully saturated rings. The molecule has 27 heavy (non-hydrogen) atoms. The van der Waals surface area contributed by atoms with Crippen LogP contribution in [0, 0.1) is 17.2 Å². The lowest BCUT2D eigenvalue weighted by Crippen LogP contribution is -2.42. The van der Waals surface area contributed by atoms with Crippen molar-refractivity contribution in [3.63, 3.8) is 0 Å². The van der Waals surface area contributed by atoms with Crippen molar-refractivity contribution in [2.45, 2.75) is 18.6 Å². The van der Waals surface area contributed by atoms with Gasteiger partial charge in [-0.1, -0.05) is 0 Å². The van der Waals surface area contributed by atoms with Crippen molar-refractivity contribution in [1.29, 1.82) is 5.26 Å². The predicted molar refractivity (Wildman–Crippen MR) is 94.2 cm³/mol. The number of rotatable bonds is 3. The largest absolute Gasteiger partial charge is 0.493 e. The second kappa shape index (κ2) is 6.07. The van der Waals surface area contributed by atoms with Crippen LogP contribution in [0.3, 0.4) is 0 Å². The topological polar surface area (TPSA) is 124 Å². The third-order valence-electron chi connectivity index (χ3n) is 4.95. The van der Waals surface area contributed by atoms with Crippen molar-refractivity contribution in [3.05, 3.63) is 53.2 Å². The van der Waals surface area contributed by atoms with Crippen molar-refractivity contribution in [3.8, 4) is 11.8 Å². The van der Waals surface area contributed by atoms with E-state index in [9.17, 15) is 14.7 Å². The van der Waals surface area contributed by atoms with Gasteiger partial charge < -0.3 is 15.2 Å². The van der Waals surface area contributed by atoms with Crippen LogP contribution < -0.4 is 15.4 Å². The number of ketones is 1. The van der Waals surface area contributed by atoms with E-state index < -0.39 is 11.8 Å². The van der Waals surface area contributed by atoms with E-state index in [1.54, 1.807) is 18.2 Å². The van der Waals surface area contributed by atoms with Gasteiger partial charge in [0.2, 0.25) is 0 Å². The van der Waals surface area contributed by atoms with Crippen LogP contribution in [0.1, 0.15) is 34.3 Å². The number of benzene rings is 1. The summed E-state index contributed by atoms with van der Waals surface area (Å²) in [5.41, 5.74) is 0.150. The highest BCUT2D eigenvalue weighted by atomic mass is 16.5. The Labute approximate surface area is 154 Å². The van der Waals surface area contributed by atoms with Gasteiger partial charge in [-0.05, 0) is 37.3 Å². The van der Waals surface area contributed by atoms with Crippen LogP contribution in [0.4, 0.5) is 10.6 Å². The molecule has 2 aliphatic rings. The zero-order chi connectivity index (χ0) is 19.2. The highest BCUT2D eigenvalue weighted by Gasteiger charge is 2.68. The molecule has 1 aromatic carbocycles. The lowest BCUT2D eigenvalue weighted by molar-refractivity contribution is 0.0928. The first-order valence-electron chi connectivity index (χ1n) is 8.38. The van der Waals surface area contributed by atoms with Gasteiger partial charge in [0.05, 0.1) is 18.1 Å². The monoisotopic (exact) mass is 364 g/mol. The van der Waals surface area contributed by atoms with Crippen LogP contribution in [0.15, 0.2) is 36.5 Å². The third kappa shape index (κ3) is 2.88. The van der Waals surface area contributed by atoms with Gasteiger partial charge in [-0.15, -0.1) is 0 Å². The van der Waals surface area contributed by atoms with Crippen molar-refractivity contribution in [2.24, 2.45) is 5.92 Å². The van der Waals surface area contributed by atoms with Gasteiger partial charge in [-0.2, -0.15) is 5.26 Å². The van der Waals surface area contributed by atoms with Crippen LogP contribution in [0.25, 0.3) is 0 Å². The number of hydrogen-bond donors (Lipinski definition) is 3. The van der Waals surface area contributed by atoms with Gasteiger partial charge in [-0.3, -0.25) is 10.1 Å². The average molecular weight is 364 g/mol. The maximum absolute atomic E-state index is 12.3. The van der Waals surface area contributed by atoms with Crippen molar-refractivity contribution in [1.82, 2.24) is 10.3 Å². The number of nitrogens with zero attached hydrogens (tertiary/aromatic N) is 2. The fourth-order valence-corrected chi connectivity index (χ4v) is 3.48. The molecule has 8 heteroatoms. The summed E-state index contributed by atoms with van der Waals surface area (Å²) in [5, 5.41) is 24.8. The minimum atomic E-state index is -1.46. The van der Waals surface area contributed by atoms with E-state index in [-0.39, 0.29) is 30.0 Å². The summed E-state index contributed by atoms with van der Waals surface area (Å²) in [6.45, 7) is 1.74. The number of ether oxygens (including phenoxy) is 1. The summed E-state index contributed by atoms with van der Waals surface area (Å²) >= 11 is 0. The van der Waals surface area contributed by atoms with Gasteiger partial charge in [0.1, 0.15) is 17.6 Å². The molecule has 2 amide bonds. The number of fused-ring (bicyclic) bond motifs is 3. The number of hydrogen-bond acceptors (Lipinski definition) is 6. The van der Waals surface area contributed by atoms with E-state index in [1.165, 1.54) is 25.3 Å². The zero-order valence-electron chi connectivity index (χ0n) is 14.4. The molecule has 4 rings (SSSR count). The van der Waals surface area contributed by atoms with Crippen molar-refractivity contribution in [2.75, 3.05) is 11.9 Å². The average Bonchev–Trinajstić information content (AvgIpc) is 3.26. The number of nitriles is 1. The van der Waals surface area contributed by atoms with Crippen molar-refractivity contribution < 1.29 is 19.4 Å². The Morgan fingerprint density at radius 1 is 1.37 bits per heavy atom. The summed E-state index contributed by atoms with van der Waals surface area (Å²) in [5.74, 6) is 0.135. The van der Waals surface area contributed by atoms with E-state index in [4.69, 9.17) is 10.00 Å². The highest BCUT2D eigenvalue weighted by molar-refractivity contribution is 5.94. The Hall–Kier alpha value is -3.44. The molecule has 1 aromatic heterocycles. The first kappa shape index (κ1) is 17.0. The van der Waals surface area contributed by atoms with Gasteiger partial charge in [0.25, 0.3) is 0 Å². The Morgan fingerprint density at radius 3 is 2.85 bits per heavy atom. The molecule has 1 saturated carbocycles. The smallest absolute Gasteiger partial charge is 0.322 e. The first-order chi connectivity index (χ1) is 12.9. The number of carbonyl (C=O) groups is 2. The molecule has 2 heterocycles. The number of Topliss-reactive ketones (excluding diaryl/α,β-unsaturated/α-hetero) is 1. The van der Waals surface area contributed by atoms with Gasteiger partial charge in [0.15, 0.2) is 11.5 Å². The molecule has 3 N–H and O–H groups in total. The molecule has 0 saturated heterocycles. The van der Waals surface area contributed by atoms with Crippen LogP contribution in [0.2, 0.25) is 0 Å². The van der Waals surface area contributed by atoms with Gasteiger partial charge >= 0.3 is 6.03 Å². The van der Waals surface area contributed by atoms with Crippen LogP contribution in [0.5, 0.6) is 5.75 Å². The standard InChI is InChI=1S/C19H16N4O4/c1-10(24)12-3-4-15-13(6-12)17-14(9-27-15)19(17,26)23-18(25)22-16-5-2-11(7-20)8-21-16/h2-6,8,14,17,26H,9H2,1H3,(H2,21,22,23,25)/t14-,17+,19?/m0/s1. The summed E-state index contributed by atoms with van der Waals surface area (Å²) in [6.07, 6.45) is 1.34. The molecule has 0 bridgehead atoms. The molecule has 1 aliphatic heterocycles. The Balaban J connectivity index is 1.50. The number of amides is 2. The fraction of sp³-hybridized carbons (Fsp3) is 0.263. The molecule has 2 aromatic rings. The normalized spacial score (nSPS) is 24.5. The third-order valence-corrected chi connectivity index (χ3v) is 4.95. The minimum Gasteiger partial charge on any atom is -0.493 e. The number of aliphatic hydroxyl groups is 1. The number of aromatic nitrogens is 1. The zero-order valence-corrected chi connectivity index (χ0v) is 14.4. The van der Waals surface area contributed by atoms with Gasteiger partial charge in [0, 0.05) is 23.2 Å². The summed E-state index contributed by atoms with van der Waals surface area (Å²) in [7, 11) is 0. The summed E-state index contributed by atoms with van der Waals surface area (Å²) in [4.78, 5) is 27.9. The number of anilines is 1. The maximum atomic E-state index is 12.3. The minimum absolute atomic E-state index is 0.0818. The molecule has 0 radical (unpaired) electrons. The molecule has 3 atom stereocenters. The lowest BCUT2D eigenvalue weighted by Gasteiger charge is -2.16.